The summed E-state index contributed by atoms with van der Waals surface area (Å²) < 4.78 is 25.6. The molecule has 1 heterocycles. The van der Waals surface area contributed by atoms with Gasteiger partial charge in [0.05, 0.1) is 17.3 Å². The normalized spacial score (nSPS) is 12.4. The lowest BCUT2D eigenvalue weighted by Gasteiger charge is -2.12. The van der Waals surface area contributed by atoms with E-state index in [2.05, 4.69) is 4.98 Å². The number of aromatic nitrogens is 2. The number of imidazole rings is 1. The molecule has 80 valence electrons. The summed E-state index contributed by atoms with van der Waals surface area (Å²) in [6.45, 7) is 1.67. The second-order valence-corrected chi connectivity index (χ2v) is 5.28. The van der Waals surface area contributed by atoms with Gasteiger partial charge in [-0.25, -0.2) is 8.96 Å². The second kappa shape index (κ2) is 3.88. The highest BCUT2D eigenvalue weighted by Gasteiger charge is 2.19. The quantitative estimate of drug-likeness (QED) is 0.723. The molecule has 1 aromatic heterocycles. The summed E-state index contributed by atoms with van der Waals surface area (Å²) in [6, 6.07) is 0. The molecule has 0 aliphatic heterocycles. The summed E-state index contributed by atoms with van der Waals surface area (Å²) >= 11 is 5.59. The van der Waals surface area contributed by atoms with Gasteiger partial charge in [-0.3, -0.25) is 0 Å². The van der Waals surface area contributed by atoms with Crippen molar-refractivity contribution in [1.29, 1.82) is 0 Å². The van der Waals surface area contributed by atoms with E-state index in [0.29, 0.717) is 11.4 Å². The van der Waals surface area contributed by atoms with E-state index in [4.69, 9.17) is 11.6 Å². The lowest BCUT2D eigenvalue weighted by atomic mass is 10.4. The van der Waals surface area contributed by atoms with Gasteiger partial charge in [0.2, 0.25) is 0 Å². The number of alkyl halides is 1. The van der Waals surface area contributed by atoms with E-state index in [1.54, 1.807) is 6.92 Å². The van der Waals surface area contributed by atoms with Crippen LogP contribution in [0.3, 0.4) is 0 Å². The Balaban J connectivity index is 3.28. The average Bonchev–Trinajstić information content (AvgIpc) is 2.46. The van der Waals surface area contributed by atoms with Crippen molar-refractivity contribution in [3.05, 3.63) is 17.7 Å². The Morgan fingerprint density at radius 3 is 2.50 bits per heavy atom. The van der Waals surface area contributed by atoms with E-state index in [1.807, 2.05) is 0 Å². The first-order valence-corrected chi connectivity index (χ1v) is 5.86. The molecule has 14 heavy (non-hydrogen) atoms. The van der Waals surface area contributed by atoms with E-state index < -0.39 is 10.2 Å². The van der Waals surface area contributed by atoms with Crippen LogP contribution in [0.25, 0.3) is 0 Å². The molecule has 1 rings (SSSR count). The van der Waals surface area contributed by atoms with Gasteiger partial charge in [0.15, 0.2) is 0 Å². The highest BCUT2D eigenvalue weighted by molar-refractivity contribution is 7.87. The third-order valence-corrected chi connectivity index (χ3v) is 3.94. The van der Waals surface area contributed by atoms with Crippen molar-refractivity contribution in [3.63, 3.8) is 0 Å². The Morgan fingerprint density at radius 1 is 1.57 bits per heavy atom. The first-order chi connectivity index (χ1) is 6.41. The van der Waals surface area contributed by atoms with Crippen LogP contribution in [0.2, 0.25) is 0 Å². The topological polar surface area (TPSA) is 55.2 Å². The summed E-state index contributed by atoms with van der Waals surface area (Å²) in [7, 11) is -0.533. The Bertz CT molecular complexity index is 424. The smallest absolute Gasteiger partial charge is 0.239 e. The Morgan fingerprint density at radius 2 is 2.14 bits per heavy atom. The van der Waals surface area contributed by atoms with Crippen molar-refractivity contribution in [2.75, 3.05) is 14.1 Å². The van der Waals surface area contributed by atoms with Crippen molar-refractivity contribution in [1.82, 2.24) is 13.3 Å². The number of halogens is 1. The first-order valence-electron chi connectivity index (χ1n) is 3.93. The minimum atomic E-state index is -3.47. The zero-order chi connectivity index (χ0) is 10.9. The zero-order valence-electron chi connectivity index (χ0n) is 8.23. The van der Waals surface area contributed by atoms with Crippen molar-refractivity contribution in [2.45, 2.75) is 12.8 Å². The standard InChI is InChI=1S/C7H12ClN3O2S/c1-6-7(4-8)9-5-11(6)14(12,13)10(2)3/h5H,4H2,1-3H3. The van der Waals surface area contributed by atoms with E-state index >= 15 is 0 Å². The van der Waals surface area contributed by atoms with Crippen molar-refractivity contribution >= 4 is 21.8 Å². The molecule has 0 unspecified atom stereocenters. The zero-order valence-corrected chi connectivity index (χ0v) is 9.80. The van der Waals surface area contributed by atoms with Crippen molar-refractivity contribution in [2.24, 2.45) is 0 Å². The molecule has 0 aliphatic carbocycles. The fourth-order valence-electron chi connectivity index (χ4n) is 0.969. The predicted octanol–water partition coefficient (Wildman–Crippen LogP) is 0.585. The minimum absolute atomic E-state index is 0.210. The summed E-state index contributed by atoms with van der Waals surface area (Å²) in [6.07, 6.45) is 1.27. The molecule has 0 saturated carbocycles. The molecule has 0 radical (unpaired) electrons. The van der Waals surface area contributed by atoms with Crippen LogP contribution in [0.5, 0.6) is 0 Å². The highest BCUT2D eigenvalue weighted by atomic mass is 35.5. The number of hydrogen-bond acceptors (Lipinski definition) is 3. The van der Waals surface area contributed by atoms with Crippen LogP contribution in [0.4, 0.5) is 0 Å². The molecule has 0 N–H and O–H groups in total. The van der Waals surface area contributed by atoms with Crippen molar-refractivity contribution in [3.8, 4) is 0 Å². The molecule has 0 bridgehead atoms. The maximum atomic E-state index is 11.7. The van der Waals surface area contributed by atoms with Crippen LogP contribution in [0, 0.1) is 6.92 Å². The Hall–Kier alpha value is -0.590. The summed E-state index contributed by atoms with van der Waals surface area (Å²) in [4.78, 5) is 3.91. The number of nitrogens with zero attached hydrogens (tertiary/aromatic N) is 3. The largest absolute Gasteiger partial charge is 0.308 e. The highest BCUT2D eigenvalue weighted by Crippen LogP contribution is 2.12. The molecule has 5 nitrogen and oxygen atoms in total. The van der Waals surface area contributed by atoms with Gasteiger partial charge in [-0.1, -0.05) is 0 Å². The van der Waals surface area contributed by atoms with Crippen molar-refractivity contribution < 1.29 is 8.42 Å². The second-order valence-electron chi connectivity index (χ2n) is 3.00. The number of hydrogen-bond donors (Lipinski definition) is 0. The summed E-state index contributed by atoms with van der Waals surface area (Å²) in [5.74, 6) is 0.210. The van der Waals surface area contributed by atoms with E-state index in [1.165, 1.54) is 20.4 Å². The predicted molar refractivity (Wildman–Crippen MR) is 54.5 cm³/mol. The SMILES string of the molecule is Cc1c(CCl)ncn1S(=O)(=O)N(C)C. The first kappa shape index (κ1) is 11.5. The van der Waals surface area contributed by atoms with Gasteiger partial charge in [0.1, 0.15) is 6.33 Å². The van der Waals surface area contributed by atoms with E-state index in [0.717, 1.165) is 8.28 Å². The van der Waals surface area contributed by atoms with Gasteiger partial charge < -0.3 is 0 Å². The maximum Gasteiger partial charge on any atom is 0.308 e. The summed E-state index contributed by atoms with van der Waals surface area (Å²) in [5, 5.41) is 0. The fourth-order valence-corrected chi connectivity index (χ4v) is 2.20. The van der Waals surface area contributed by atoms with Crippen LogP contribution in [-0.2, 0) is 16.1 Å². The average molecular weight is 238 g/mol. The van der Waals surface area contributed by atoms with Crippen LogP contribution in [-0.4, -0.2) is 35.8 Å². The third kappa shape index (κ3) is 1.77. The van der Waals surface area contributed by atoms with E-state index in [9.17, 15) is 8.42 Å². The van der Waals surface area contributed by atoms with Gasteiger partial charge in [-0.2, -0.15) is 12.7 Å². The molecule has 0 fully saturated rings. The summed E-state index contributed by atoms with van der Waals surface area (Å²) in [5.41, 5.74) is 1.13. The van der Waals surface area contributed by atoms with Crippen LogP contribution >= 0.6 is 11.6 Å². The van der Waals surface area contributed by atoms with Gasteiger partial charge >= 0.3 is 10.2 Å². The Kier molecular flexibility index (Phi) is 3.18. The molecule has 1 aromatic rings. The molecule has 0 aliphatic rings. The number of rotatable bonds is 3. The van der Waals surface area contributed by atoms with Gasteiger partial charge in [-0.15, -0.1) is 11.6 Å². The van der Waals surface area contributed by atoms with Gasteiger partial charge in [-0.05, 0) is 6.92 Å². The maximum absolute atomic E-state index is 11.7. The van der Waals surface area contributed by atoms with Crippen LogP contribution in [0.15, 0.2) is 6.33 Å². The molecular weight excluding hydrogens is 226 g/mol. The van der Waals surface area contributed by atoms with E-state index in [-0.39, 0.29) is 5.88 Å². The lowest BCUT2D eigenvalue weighted by molar-refractivity contribution is 0.509. The third-order valence-electron chi connectivity index (χ3n) is 1.90. The molecule has 0 saturated heterocycles. The van der Waals surface area contributed by atoms with Gasteiger partial charge in [0, 0.05) is 14.1 Å². The monoisotopic (exact) mass is 237 g/mol. The van der Waals surface area contributed by atoms with Gasteiger partial charge in [0.25, 0.3) is 0 Å². The fraction of sp³-hybridized carbons (Fsp3) is 0.571. The molecular formula is C7H12ClN3O2S. The minimum Gasteiger partial charge on any atom is -0.239 e. The molecule has 0 atom stereocenters. The molecule has 0 aromatic carbocycles. The molecule has 0 amide bonds. The molecule has 7 heteroatoms. The Labute approximate surface area is 88.5 Å². The lowest BCUT2D eigenvalue weighted by Crippen LogP contribution is -2.29. The van der Waals surface area contributed by atoms with Crippen LogP contribution in [0.1, 0.15) is 11.4 Å². The molecule has 0 spiro atoms. The van der Waals surface area contributed by atoms with Crippen LogP contribution < -0.4 is 0 Å².